The largest absolute Gasteiger partial charge is 0.468 e. The van der Waals surface area contributed by atoms with Crippen molar-refractivity contribution in [1.82, 2.24) is 0 Å². The molecule has 8 nitrogen and oxygen atoms in total. The Hall–Kier alpha value is -2.06. The smallest absolute Gasteiger partial charge is 0.321 e. The molecule has 36 heavy (non-hydrogen) atoms. The van der Waals surface area contributed by atoms with Crippen LogP contribution in [0, 0.1) is 44.8 Å². The maximum Gasteiger partial charge on any atom is 0.321 e. The Morgan fingerprint density at radius 2 is 1.78 bits per heavy atom. The number of hydrogen-bond donors (Lipinski definition) is 1. The van der Waals surface area contributed by atoms with E-state index in [-0.39, 0.29) is 30.2 Å². The molecule has 1 heterocycles. The Kier molecular flexibility index (Phi) is 5.17. The molecular formula is C28H38O8. The topological polar surface area (TPSA) is 116 Å². The van der Waals surface area contributed by atoms with Crippen molar-refractivity contribution in [2.45, 2.75) is 86.2 Å². The molecule has 4 aliphatic carbocycles. The molecule has 2 bridgehead atoms. The molecule has 0 radical (unpaired) electrons. The summed E-state index contributed by atoms with van der Waals surface area (Å²) in [6.45, 7) is 12.5. The highest BCUT2D eigenvalue weighted by atomic mass is 16.6. The highest BCUT2D eigenvalue weighted by molar-refractivity contribution is 6.25. The minimum Gasteiger partial charge on any atom is -0.468 e. The van der Waals surface area contributed by atoms with Crippen molar-refractivity contribution in [2.24, 2.45) is 44.8 Å². The van der Waals surface area contributed by atoms with E-state index in [1.54, 1.807) is 13.8 Å². The van der Waals surface area contributed by atoms with Crippen LogP contribution in [-0.2, 0) is 33.4 Å². The van der Waals surface area contributed by atoms with Crippen molar-refractivity contribution in [2.75, 3.05) is 7.11 Å². The van der Waals surface area contributed by atoms with Crippen molar-refractivity contribution in [3.05, 3.63) is 11.6 Å². The average Bonchev–Trinajstić information content (AvgIpc) is 3.12. The zero-order valence-electron chi connectivity index (χ0n) is 22.5. The van der Waals surface area contributed by atoms with E-state index >= 15 is 0 Å². The van der Waals surface area contributed by atoms with Gasteiger partial charge in [-0.25, -0.2) is 0 Å². The number of carbonyl (C=O) groups is 4. The number of Topliss-reactive ketones (excluding diaryl/α,β-unsaturated/α-hetero) is 2. The van der Waals surface area contributed by atoms with Crippen LogP contribution in [0.5, 0.6) is 0 Å². The van der Waals surface area contributed by atoms with Gasteiger partial charge in [0.2, 0.25) is 0 Å². The van der Waals surface area contributed by atoms with E-state index < -0.39 is 63.1 Å². The minimum atomic E-state index is -1.73. The third-order valence-electron chi connectivity index (χ3n) is 11.3. The molecule has 3 saturated carbocycles. The third kappa shape index (κ3) is 2.40. The first-order valence-electron chi connectivity index (χ1n) is 13.0. The fourth-order valence-electron chi connectivity index (χ4n) is 9.98. The lowest BCUT2D eigenvalue weighted by molar-refractivity contribution is -0.226. The number of allylic oxidation sites excluding steroid dienone is 2. The predicted molar refractivity (Wildman–Crippen MR) is 127 cm³/mol. The molecule has 0 spiro atoms. The van der Waals surface area contributed by atoms with Gasteiger partial charge in [-0.05, 0) is 46.0 Å². The second kappa shape index (κ2) is 7.28. The van der Waals surface area contributed by atoms with E-state index in [1.807, 2.05) is 33.8 Å². The normalized spacial score (nSPS) is 50.5. The molecule has 8 heteroatoms. The van der Waals surface area contributed by atoms with Crippen molar-refractivity contribution in [3.8, 4) is 0 Å². The summed E-state index contributed by atoms with van der Waals surface area (Å²) in [6, 6.07) is 0. The fourth-order valence-corrected chi connectivity index (χ4v) is 9.98. The number of ketones is 2. The van der Waals surface area contributed by atoms with Crippen molar-refractivity contribution < 1.29 is 38.5 Å². The summed E-state index contributed by atoms with van der Waals surface area (Å²) in [5, 5.41) is 11.6. The van der Waals surface area contributed by atoms with E-state index in [4.69, 9.17) is 14.2 Å². The monoisotopic (exact) mass is 502 g/mol. The van der Waals surface area contributed by atoms with Crippen LogP contribution in [-0.4, -0.2) is 54.2 Å². The molecule has 4 fully saturated rings. The van der Waals surface area contributed by atoms with Gasteiger partial charge in [-0.3, -0.25) is 19.2 Å². The maximum absolute atomic E-state index is 14.1. The number of methoxy groups -OCH3 is 1. The number of ether oxygens (including phenoxy) is 3. The number of hydrogen-bond acceptors (Lipinski definition) is 8. The van der Waals surface area contributed by atoms with E-state index in [0.717, 1.165) is 0 Å². The maximum atomic E-state index is 14.1. The van der Waals surface area contributed by atoms with Gasteiger partial charge in [-0.1, -0.05) is 32.4 Å². The molecular weight excluding hydrogens is 464 g/mol. The molecule has 0 amide bonds. The summed E-state index contributed by atoms with van der Waals surface area (Å²) in [7, 11) is 1.27. The van der Waals surface area contributed by atoms with Crippen LogP contribution in [0.15, 0.2) is 11.6 Å². The SMILES string of the molecule is COC(=O)[C@]12C(=O)[C@H](C)C(=O)[C@]1(C)C(C)=C[C@@H]1[C@@]34CC[C@H](OC(C)=O)C(C)(C)[C@@H]3[C@@H](C[C@@]12C)O[C@H]4O. The quantitative estimate of drug-likeness (QED) is 0.348. The molecule has 0 aromatic heterocycles. The summed E-state index contributed by atoms with van der Waals surface area (Å²) in [4.78, 5) is 53.6. The lowest BCUT2D eigenvalue weighted by atomic mass is 9.33. The van der Waals surface area contributed by atoms with Gasteiger partial charge in [0.25, 0.3) is 0 Å². The van der Waals surface area contributed by atoms with E-state index in [2.05, 4.69) is 0 Å². The molecule has 1 N–H and O–H groups in total. The Labute approximate surface area is 212 Å². The Balaban J connectivity index is 1.78. The number of aliphatic hydroxyl groups excluding tert-OH is 1. The predicted octanol–water partition coefficient (Wildman–Crippen LogP) is 3.00. The first kappa shape index (κ1) is 25.6. The average molecular weight is 503 g/mol. The van der Waals surface area contributed by atoms with Crippen molar-refractivity contribution in [3.63, 3.8) is 0 Å². The summed E-state index contributed by atoms with van der Waals surface area (Å²) in [6.07, 6.45) is 1.37. The fraction of sp³-hybridized carbons (Fsp3) is 0.786. The number of esters is 2. The van der Waals surface area contributed by atoms with Crippen LogP contribution in [0.25, 0.3) is 0 Å². The van der Waals surface area contributed by atoms with Crippen LogP contribution in [0.1, 0.15) is 67.7 Å². The third-order valence-corrected chi connectivity index (χ3v) is 11.3. The molecule has 5 rings (SSSR count). The molecule has 1 saturated heterocycles. The summed E-state index contributed by atoms with van der Waals surface area (Å²) in [5.41, 5.74) is -4.80. The van der Waals surface area contributed by atoms with E-state index in [1.165, 1.54) is 14.0 Å². The van der Waals surface area contributed by atoms with Crippen LogP contribution < -0.4 is 0 Å². The van der Waals surface area contributed by atoms with E-state index in [9.17, 15) is 24.3 Å². The van der Waals surface area contributed by atoms with Gasteiger partial charge < -0.3 is 19.3 Å². The van der Waals surface area contributed by atoms with Crippen molar-refractivity contribution in [1.29, 1.82) is 0 Å². The second-order valence-corrected chi connectivity index (χ2v) is 12.8. The zero-order valence-corrected chi connectivity index (χ0v) is 22.5. The standard InChI is InChI=1S/C28H38O8/c1-13-11-17-25(6,28(23(33)34-8)21(31)14(2)20(30)26(13,28)7)12-16-19-24(4,5)18(35-15(3)29)9-10-27(17,19)22(32)36-16/h11,14,16-19,22,32H,9-10,12H2,1-8H3/t14-,16-,17+,18+,19+,22-,25+,26+,27+,28+/m1/s1. The van der Waals surface area contributed by atoms with E-state index in [0.29, 0.717) is 18.4 Å². The molecule has 198 valence electrons. The molecule has 10 atom stereocenters. The summed E-state index contributed by atoms with van der Waals surface area (Å²) < 4.78 is 17.3. The van der Waals surface area contributed by atoms with Gasteiger partial charge in [-0.2, -0.15) is 0 Å². The highest BCUT2D eigenvalue weighted by Crippen LogP contribution is 2.79. The van der Waals surface area contributed by atoms with Gasteiger partial charge in [0, 0.05) is 29.1 Å². The molecule has 0 unspecified atom stereocenters. The van der Waals surface area contributed by atoms with Gasteiger partial charge in [0.05, 0.1) is 24.5 Å². The molecule has 0 aromatic rings. The van der Waals surface area contributed by atoms with Crippen LogP contribution >= 0.6 is 0 Å². The molecule has 5 aliphatic rings. The summed E-state index contributed by atoms with van der Waals surface area (Å²) in [5.74, 6) is -3.28. The number of fused-ring (bicyclic) bond motifs is 3. The van der Waals surface area contributed by atoms with Gasteiger partial charge in [0.1, 0.15) is 11.5 Å². The van der Waals surface area contributed by atoms with Crippen LogP contribution in [0.3, 0.4) is 0 Å². The lowest BCUT2D eigenvalue weighted by Crippen LogP contribution is -2.71. The van der Waals surface area contributed by atoms with Gasteiger partial charge >= 0.3 is 11.9 Å². The zero-order chi connectivity index (χ0) is 26.8. The van der Waals surface area contributed by atoms with Crippen LogP contribution in [0.4, 0.5) is 0 Å². The second-order valence-electron chi connectivity index (χ2n) is 12.8. The molecule has 0 aromatic carbocycles. The minimum absolute atomic E-state index is 0.191. The Morgan fingerprint density at radius 3 is 2.36 bits per heavy atom. The summed E-state index contributed by atoms with van der Waals surface area (Å²) >= 11 is 0. The van der Waals surface area contributed by atoms with Crippen LogP contribution in [0.2, 0.25) is 0 Å². The first-order valence-corrected chi connectivity index (χ1v) is 13.0. The Bertz CT molecular complexity index is 1110. The first-order chi connectivity index (χ1) is 16.6. The van der Waals surface area contributed by atoms with Gasteiger partial charge in [0.15, 0.2) is 17.9 Å². The number of carbonyl (C=O) groups excluding carboxylic acids is 4. The highest BCUT2D eigenvalue weighted by Gasteiger charge is 2.85. The molecule has 1 aliphatic heterocycles. The van der Waals surface area contributed by atoms with Gasteiger partial charge in [-0.15, -0.1) is 0 Å². The number of aliphatic hydroxyl groups is 1. The number of rotatable bonds is 2. The van der Waals surface area contributed by atoms with Crippen molar-refractivity contribution >= 4 is 23.5 Å². The Morgan fingerprint density at radius 1 is 1.14 bits per heavy atom. The lowest BCUT2D eigenvalue weighted by Gasteiger charge is -2.67.